The maximum Gasteiger partial charge on any atom is 0.270 e. The number of carbonyl (C=O) groups excluding carboxylic acids is 3. The Bertz CT molecular complexity index is 823. The van der Waals surface area contributed by atoms with Gasteiger partial charge in [-0.1, -0.05) is 24.3 Å². The number of hydrogen-bond donors (Lipinski definition) is 1. The molecule has 0 spiro atoms. The molecule has 26 heavy (non-hydrogen) atoms. The maximum atomic E-state index is 12.4. The second kappa shape index (κ2) is 7.95. The molecule has 1 aliphatic rings. The van der Waals surface area contributed by atoms with Gasteiger partial charge in [-0.05, 0) is 11.5 Å². The molecule has 7 heteroatoms. The van der Waals surface area contributed by atoms with E-state index in [4.69, 9.17) is 0 Å². The highest BCUT2D eigenvalue weighted by molar-refractivity contribution is 6.05. The Morgan fingerprint density at radius 2 is 1.73 bits per heavy atom. The van der Waals surface area contributed by atoms with E-state index in [-0.39, 0.29) is 30.7 Å². The van der Waals surface area contributed by atoms with E-state index in [1.54, 1.807) is 16.0 Å². The van der Waals surface area contributed by atoms with Crippen LogP contribution in [0.15, 0.2) is 36.5 Å². The third-order valence-corrected chi connectivity index (χ3v) is 4.59. The van der Waals surface area contributed by atoms with Crippen LogP contribution in [-0.4, -0.2) is 65.2 Å². The average Bonchev–Trinajstić information content (AvgIpc) is 2.67. The lowest BCUT2D eigenvalue weighted by Gasteiger charge is -2.34. The Balaban J connectivity index is 1.51. The fraction of sp³-hybridized carbons (Fsp3) is 0.368. The first-order chi connectivity index (χ1) is 12.6. The molecule has 1 aromatic carbocycles. The average molecular weight is 354 g/mol. The molecule has 1 aromatic heterocycles. The Hall–Kier alpha value is -2.96. The van der Waals surface area contributed by atoms with Crippen LogP contribution >= 0.6 is 0 Å². The van der Waals surface area contributed by atoms with Crippen molar-refractivity contribution in [3.05, 3.63) is 42.2 Å². The Labute approximate surface area is 152 Å². The molecule has 1 aliphatic heterocycles. The summed E-state index contributed by atoms with van der Waals surface area (Å²) in [5, 5.41) is 4.52. The molecule has 1 fully saturated rings. The molecule has 2 aromatic rings. The van der Waals surface area contributed by atoms with Crippen LogP contribution in [0.25, 0.3) is 10.8 Å². The smallest absolute Gasteiger partial charge is 0.270 e. The van der Waals surface area contributed by atoms with Gasteiger partial charge in [0, 0.05) is 57.7 Å². The number of amides is 3. The molecule has 1 N–H and O–H groups in total. The quantitative estimate of drug-likeness (QED) is 0.890. The first-order valence-corrected chi connectivity index (χ1v) is 8.71. The van der Waals surface area contributed by atoms with Gasteiger partial charge in [0.05, 0.1) is 0 Å². The van der Waals surface area contributed by atoms with Crippen molar-refractivity contribution in [3.63, 3.8) is 0 Å². The summed E-state index contributed by atoms with van der Waals surface area (Å²) in [4.78, 5) is 43.6. The second-order valence-corrected chi connectivity index (χ2v) is 6.27. The van der Waals surface area contributed by atoms with Crippen LogP contribution in [0.1, 0.15) is 23.8 Å². The zero-order valence-corrected chi connectivity index (χ0v) is 14.8. The molecule has 0 radical (unpaired) electrons. The fourth-order valence-electron chi connectivity index (χ4n) is 3.10. The number of pyridine rings is 1. The van der Waals surface area contributed by atoms with E-state index >= 15 is 0 Å². The maximum absolute atomic E-state index is 12.4. The number of nitrogens with zero attached hydrogens (tertiary/aromatic N) is 3. The van der Waals surface area contributed by atoms with Crippen LogP contribution in [0.4, 0.5) is 0 Å². The minimum absolute atomic E-state index is 0.0145. The summed E-state index contributed by atoms with van der Waals surface area (Å²) in [6, 6.07) is 9.42. The molecule has 0 aliphatic carbocycles. The van der Waals surface area contributed by atoms with Gasteiger partial charge in [0.2, 0.25) is 11.8 Å². The summed E-state index contributed by atoms with van der Waals surface area (Å²) < 4.78 is 0. The minimum atomic E-state index is -0.281. The van der Waals surface area contributed by atoms with E-state index < -0.39 is 0 Å². The Kier molecular flexibility index (Phi) is 5.46. The SMILES string of the molecule is CC(=O)N1CCN(C(=O)CCNC(=O)c2nccc3ccccc23)CC1. The molecule has 2 heterocycles. The van der Waals surface area contributed by atoms with Crippen molar-refractivity contribution >= 4 is 28.5 Å². The van der Waals surface area contributed by atoms with Gasteiger partial charge in [-0.15, -0.1) is 0 Å². The van der Waals surface area contributed by atoms with E-state index in [0.717, 1.165) is 10.8 Å². The van der Waals surface area contributed by atoms with Gasteiger partial charge in [0.25, 0.3) is 5.91 Å². The zero-order valence-electron chi connectivity index (χ0n) is 14.8. The van der Waals surface area contributed by atoms with Crippen LogP contribution in [0, 0.1) is 0 Å². The van der Waals surface area contributed by atoms with E-state index in [9.17, 15) is 14.4 Å². The fourth-order valence-corrected chi connectivity index (χ4v) is 3.10. The highest BCUT2D eigenvalue weighted by Gasteiger charge is 2.22. The molecule has 3 amide bonds. The monoisotopic (exact) mass is 354 g/mol. The molecule has 0 unspecified atom stereocenters. The molecule has 0 bridgehead atoms. The summed E-state index contributed by atoms with van der Waals surface area (Å²) in [6.07, 6.45) is 1.84. The molecular formula is C19H22N4O3. The third kappa shape index (κ3) is 3.99. The third-order valence-electron chi connectivity index (χ3n) is 4.59. The summed E-state index contributed by atoms with van der Waals surface area (Å²) in [6.45, 7) is 4.00. The summed E-state index contributed by atoms with van der Waals surface area (Å²) in [7, 11) is 0. The predicted octanol–water partition coefficient (Wildman–Crippen LogP) is 1.05. The van der Waals surface area contributed by atoms with Gasteiger partial charge >= 0.3 is 0 Å². The van der Waals surface area contributed by atoms with Crippen LogP contribution in [0.3, 0.4) is 0 Å². The van der Waals surface area contributed by atoms with Gasteiger partial charge in [-0.3, -0.25) is 19.4 Å². The van der Waals surface area contributed by atoms with Crippen molar-refractivity contribution in [1.82, 2.24) is 20.1 Å². The van der Waals surface area contributed by atoms with E-state index in [1.807, 2.05) is 30.3 Å². The molecule has 7 nitrogen and oxygen atoms in total. The lowest BCUT2D eigenvalue weighted by molar-refractivity contribution is -0.138. The number of carbonyl (C=O) groups is 3. The lowest BCUT2D eigenvalue weighted by Crippen LogP contribution is -2.50. The molecular weight excluding hydrogens is 332 g/mol. The van der Waals surface area contributed by atoms with Gasteiger partial charge in [-0.2, -0.15) is 0 Å². The number of aromatic nitrogens is 1. The number of fused-ring (bicyclic) bond motifs is 1. The van der Waals surface area contributed by atoms with Crippen molar-refractivity contribution in [2.45, 2.75) is 13.3 Å². The molecule has 0 saturated carbocycles. The van der Waals surface area contributed by atoms with Gasteiger partial charge < -0.3 is 15.1 Å². The summed E-state index contributed by atoms with van der Waals surface area (Å²) in [5.41, 5.74) is 0.366. The lowest BCUT2D eigenvalue weighted by atomic mass is 10.1. The zero-order chi connectivity index (χ0) is 18.5. The van der Waals surface area contributed by atoms with Gasteiger partial charge in [-0.25, -0.2) is 0 Å². The molecule has 136 valence electrons. The highest BCUT2D eigenvalue weighted by atomic mass is 16.2. The van der Waals surface area contributed by atoms with Crippen LogP contribution < -0.4 is 5.32 Å². The van der Waals surface area contributed by atoms with Crippen molar-refractivity contribution in [2.24, 2.45) is 0 Å². The highest BCUT2D eigenvalue weighted by Crippen LogP contribution is 2.16. The number of piperazine rings is 1. The standard InChI is InChI=1S/C19H22N4O3/c1-14(24)22-10-12-23(13-11-22)17(25)7-9-21-19(26)18-16-5-3-2-4-15(16)6-8-20-18/h2-6,8H,7,9-13H2,1H3,(H,21,26). The predicted molar refractivity (Wildman–Crippen MR) is 97.5 cm³/mol. The van der Waals surface area contributed by atoms with Crippen molar-refractivity contribution < 1.29 is 14.4 Å². The molecule has 0 atom stereocenters. The van der Waals surface area contributed by atoms with Crippen LogP contribution in [-0.2, 0) is 9.59 Å². The van der Waals surface area contributed by atoms with E-state index in [1.165, 1.54) is 6.92 Å². The van der Waals surface area contributed by atoms with E-state index in [2.05, 4.69) is 10.3 Å². The number of nitrogens with one attached hydrogen (secondary N) is 1. The molecule has 3 rings (SSSR count). The van der Waals surface area contributed by atoms with Gasteiger partial charge in [0.15, 0.2) is 0 Å². The number of benzene rings is 1. The Morgan fingerprint density at radius 3 is 2.46 bits per heavy atom. The van der Waals surface area contributed by atoms with Crippen LogP contribution in [0.5, 0.6) is 0 Å². The second-order valence-electron chi connectivity index (χ2n) is 6.27. The van der Waals surface area contributed by atoms with E-state index in [0.29, 0.717) is 31.9 Å². The van der Waals surface area contributed by atoms with Gasteiger partial charge in [0.1, 0.15) is 5.69 Å². The Morgan fingerprint density at radius 1 is 1.04 bits per heavy atom. The van der Waals surface area contributed by atoms with Crippen molar-refractivity contribution in [1.29, 1.82) is 0 Å². The number of hydrogen-bond acceptors (Lipinski definition) is 4. The first-order valence-electron chi connectivity index (χ1n) is 8.71. The topological polar surface area (TPSA) is 82.6 Å². The number of rotatable bonds is 4. The normalized spacial score (nSPS) is 14.3. The molecule has 1 saturated heterocycles. The van der Waals surface area contributed by atoms with Crippen molar-refractivity contribution in [3.8, 4) is 0 Å². The summed E-state index contributed by atoms with van der Waals surface area (Å²) in [5.74, 6) is -0.262. The van der Waals surface area contributed by atoms with Crippen molar-refractivity contribution in [2.75, 3.05) is 32.7 Å². The first kappa shape index (κ1) is 17.8. The minimum Gasteiger partial charge on any atom is -0.350 e. The summed E-state index contributed by atoms with van der Waals surface area (Å²) >= 11 is 0. The van der Waals surface area contributed by atoms with Crippen LogP contribution in [0.2, 0.25) is 0 Å². The largest absolute Gasteiger partial charge is 0.350 e.